The molecule has 3 aromatic heterocycles. The van der Waals surface area contributed by atoms with Crippen molar-refractivity contribution in [3.63, 3.8) is 0 Å². The lowest BCUT2D eigenvalue weighted by Gasteiger charge is -1.98. The average molecular weight is 304 g/mol. The van der Waals surface area contributed by atoms with Crippen molar-refractivity contribution in [3.8, 4) is 0 Å². The highest BCUT2D eigenvalue weighted by molar-refractivity contribution is 7.15. The first kappa shape index (κ1) is 13.7. The number of imidazole rings is 1. The predicted octanol–water partition coefficient (Wildman–Crippen LogP) is 2.73. The highest BCUT2D eigenvalue weighted by Gasteiger charge is 2.11. The van der Waals surface area contributed by atoms with Gasteiger partial charge in [0.1, 0.15) is 11.5 Å². The summed E-state index contributed by atoms with van der Waals surface area (Å²) in [6.45, 7) is 3.86. The van der Waals surface area contributed by atoms with Gasteiger partial charge in [-0.25, -0.2) is 14.4 Å². The number of carbonyl (C=O) groups excluding carboxylic acids is 1. The molecule has 0 atom stereocenters. The Kier molecular flexibility index (Phi) is 3.42. The number of halogens is 1. The summed E-state index contributed by atoms with van der Waals surface area (Å²) < 4.78 is 14.7. The predicted molar refractivity (Wildman–Crippen MR) is 79.1 cm³/mol. The zero-order valence-electron chi connectivity index (χ0n) is 11.6. The fraction of sp³-hybridized carbons (Fsp3) is 0.214. The zero-order valence-corrected chi connectivity index (χ0v) is 12.4. The lowest BCUT2D eigenvalue weighted by molar-refractivity contribution is -0.115. The summed E-state index contributed by atoms with van der Waals surface area (Å²) in [6.07, 6.45) is 3.11. The molecule has 0 unspecified atom stereocenters. The number of aryl methyl sites for hydroxylation is 2. The number of pyridine rings is 1. The van der Waals surface area contributed by atoms with Gasteiger partial charge in [0.2, 0.25) is 5.91 Å². The van der Waals surface area contributed by atoms with Crippen LogP contribution in [0, 0.1) is 19.7 Å². The van der Waals surface area contributed by atoms with Crippen LogP contribution in [-0.4, -0.2) is 20.3 Å². The third-order valence-corrected chi connectivity index (χ3v) is 4.07. The van der Waals surface area contributed by atoms with Crippen molar-refractivity contribution in [2.75, 3.05) is 5.32 Å². The van der Waals surface area contributed by atoms with Crippen molar-refractivity contribution in [2.45, 2.75) is 20.3 Å². The van der Waals surface area contributed by atoms with Gasteiger partial charge in [-0.05, 0) is 26.0 Å². The van der Waals surface area contributed by atoms with E-state index in [4.69, 9.17) is 0 Å². The van der Waals surface area contributed by atoms with E-state index >= 15 is 0 Å². The molecule has 7 heteroatoms. The first-order valence-corrected chi connectivity index (χ1v) is 7.20. The largest absolute Gasteiger partial charge is 0.304 e. The van der Waals surface area contributed by atoms with Crippen LogP contribution in [-0.2, 0) is 11.2 Å². The quantitative estimate of drug-likeness (QED) is 0.809. The Morgan fingerprint density at radius 2 is 2.14 bits per heavy atom. The molecule has 108 valence electrons. The highest BCUT2D eigenvalue weighted by atomic mass is 32.1. The van der Waals surface area contributed by atoms with Crippen LogP contribution in [0.25, 0.3) is 5.65 Å². The number of hydrogen-bond donors (Lipinski definition) is 1. The number of carbonyl (C=O) groups is 1. The second kappa shape index (κ2) is 5.25. The molecule has 0 aliphatic rings. The fourth-order valence-electron chi connectivity index (χ4n) is 1.96. The van der Waals surface area contributed by atoms with Gasteiger partial charge < -0.3 is 9.72 Å². The van der Waals surface area contributed by atoms with Crippen LogP contribution in [0.3, 0.4) is 0 Å². The van der Waals surface area contributed by atoms with Gasteiger partial charge in [0.05, 0.1) is 17.8 Å². The van der Waals surface area contributed by atoms with Crippen LogP contribution in [0.1, 0.15) is 16.3 Å². The Balaban J connectivity index is 1.73. The molecule has 1 amide bonds. The minimum absolute atomic E-state index is 0.126. The average Bonchev–Trinajstić information content (AvgIpc) is 2.92. The third-order valence-electron chi connectivity index (χ3n) is 3.08. The summed E-state index contributed by atoms with van der Waals surface area (Å²) >= 11 is 1.44. The number of nitrogens with zero attached hydrogens (tertiary/aromatic N) is 3. The van der Waals surface area contributed by atoms with E-state index in [0.717, 1.165) is 10.6 Å². The minimum atomic E-state index is -0.343. The van der Waals surface area contributed by atoms with Crippen molar-refractivity contribution < 1.29 is 9.18 Å². The second-order valence-electron chi connectivity index (χ2n) is 4.73. The van der Waals surface area contributed by atoms with E-state index in [0.29, 0.717) is 16.5 Å². The molecule has 0 radical (unpaired) electrons. The van der Waals surface area contributed by atoms with Crippen molar-refractivity contribution in [3.05, 3.63) is 46.6 Å². The molecule has 0 saturated carbocycles. The number of rotatable bonds is 3. The normalized spacial score (nSPS) is 11.0. The molecular formula is C14H13FN4OS. The van der Waals surface area contributed by atoms with Crippen molar-refractivity contribution in [1.82, 2.24) is 14.4 Å². The zero-order chi connectivity index (χ0) is 15.0. The fourth-order valence-corrected chi connectivity index (χ4v) is 2.79. The van der Waals surface area contributed by atoms with Crippen LogP contribution < -0.4 is 5.32 Å². The van der Waals surface area contributed by atoms with E-state index in [-0.39, 0.29) is 18.1 Å². The molecular weight excluding hydrogens is 291 g/mol. The number of nitrogens with one attached hydrogen (secondary N) is 1. The van der Waals surface area contributed by atoms with Gasteiger partial charge in [-0.1, -0.05) is 0 Å². The maximum Gasteiger partial charge on any atom is 0.232 e. The number of hydrogen-bond acceptors (Lipinski definition) is 4. The molecule has 0 aliphatic carbocycles. The van der Waals surface area contributed by atoms with E-state index in [2.05, 4.69) is 15.3 Å². The molecule has 0 fully saturated rings. The van der Waals surface area contributed by atoms with Gasteiger partial charge in [0.15, 0.2) is 5.13 Å². The number of fused-ring (bicyclic) bond motifs is 1. The van der Waals surface area contributed by atoms with E-state index in [1.807, 2.05) is 13.8 Å². The third kappa shape index (κ3) is 2.92. The van der Waals surface area contributed by atoms with Gasteiger partial charge in [-0.3, -0.25) is 4.79 Å². The maximum absolute atomic E-state index is 13.1. The van der Waals surface area contributed by atoms with E-state index in [1.54, 1.807) is 16.7 Å². The Hall–Kier alpha value is -2.28. The molecule has 0 spiro atoms. The molecule has 0 bridgehead atoms. The minimum Gasteiger partial charge on any atom is -0.304 e. The van der Waals surface area contributed by atoms with E-state index in [1.165, 1.54) is 23.6 Å². The van der Waals surface area contributed by atoms with Gasteiger partial charge in [-0.2, -0.15) is 0 Å². The molecule has 0 aliphatic heterocycles. The van der Waals surface area contributed by atoms with Crippen molar-refractivity contribution in [2.24, 2.45) is 0 Å². The standard InChI is InChI=1S/C14H13FN4OS/c1-8-9(2)21-14(16-8)18-13(20)5-11-7-19-6-10(15)3-4-12(19)17-11/h3-4,6-7H,5H2,1-2H3,(H,16,18,20). The number of aromatic nitrogens is 3. The summed E-state index contributed by atoms with van der Waals surface area (Å²) in [5.74, 6) is -0.530. The molecule has 0 saturated heterocycles. The van der Waals surface area contributed by atoms with Crippen LogP contribution in [0.5, 0.6) is 0 Å². The molecule has 1 N–H and O–H groups in total. The molecule has 3 rings (SSSR count). The molecule has 0 aromatic carbocycles. The first-order valence-electron chi connectivity index (χ1n) is 6.38. The lowest BCUT2D eigenvalue weighted by Crippen LogP contribution is -2.14. The summed E-state index contributed by atoms with van der Waals surface area (Å²) in [4.78, 5) is 21.6. The summed E-state index contributed by atoms with van der Waals surface area (Å²) in [6, 6.07) is 2.91. The van der Waals surface area contributed by atoms with Gasteiger partial charge in [-0.15, -0.1) is 11.3 Å². The maximum atomic E-state index is 13.1. The van der Waals surface area contributed by atoms with Gasteiger partial charge >= 0.3 is 0 Å². The Morgan fingerprint density at radius 1 is 1.33 bits per heavy atom. The first-order chi connectivity index (χ1) is 10.0. The van der Waals surface area contributed by atoms with E-state index < -0.39 is 0 Å². The lowest BCUT2D eigenvalue weighted by atomic mass is 10.3. The number of anilines is 1. The Bertz CT molecular complexity index is 804. The number of thiazole rings is 1. The topological polar surface area (TPSA) is 59.3 Å². The monoisotopic (exact) mass is 304 g/mol. The Labute approximate surface area is 124 Å². The summed E-state index contributed by atoms with van der Waals surface area (Å²) in [7, 11) is 0. The van der Waals surface area contributed by atoms with Crippen LogP contribution >= 0.6 is 11.3 Å². The van der Waals surface area contributed by atoms with Crippen molar-refractivity contribution >= 4 is 28.0 Å². The van der Waals surface area contributed by atoms with E-state index in [9.17, 15) is 9.18 Å². The summed E-state index contributed by atoms with van der Waals surface area (Å²) in [5, 5.41) is 3.34. The molecule has 5 nitrogen and oxygen atoms in total. The van der Waals surface area contributed by atoms with Crippen molar-refractivity contribution in [1.29, 1.82) is 0 Å². The highest BCUT2D eigenvalue weighted by Crippen LogP contribution is 2.21. The smallest absolute Gasteiger partial charge is 0.232 e. The van der Waals surface area contributed by atoms with Crippen LogP contribution in [0.4, 0.5) is 9.52 Å². The second-order valence-corrected chi connectivity index (χ2v) is 5.93. The number of amides is 1. The summed E-state index contributed by atoms with van der Waals surface area (Å²) in [5.41, 5.74) is 2.11. The molecule has 3 aromatic rings. The SMILES string of the molecule is Cc1nc(NC(=O)Cc2cn3cc(F)ccc3n2)sc1C. The van der Waals surface area contributed by atoms with Gasteiger partial charge in [0.25, 0.3) is 0 Å². The molecule has 21 heavy (non-hydrogen) atoms. The van der Waals surface area contributed by atoms with Crippen LogP contribution in [0.15, 0.2) is 24.5 Å². The van der Waals surface area contributed by atoms with Gasteiger partial charge in [0, 0.05) is 17.3 Å². The van der Waals surface area contributed by atoms with Crippen LogP contribution in [0.2, 0.25) is 0 Å². The Morgan fingerprint density at radius 3 is 2.86 bits per heavy atom. The molecule has 3 heterocycles.